The largest absolute Gasteiger partial charge is 0.325 e. The lowest BCUT2D eigenvalue weighted by Crippen LogP contribution is -2.21. The lowest BCUT2D eigenvalue weighted by Gasteiger charge is -2.24. The molecule has 2 rings (SSSR count). The molecule has 1 aromatic rings. The average molecular weight is 303 g/mol. The number of halogens is 2. The Labute approximate surface area is 108 Å². The quantitative estimate of drug-likeness (QED) is 0.889. The van der Waals surface area contributed by atoms with Gasteiger partial charge < -0.3 is 5.32 Å². The highest BCUT2D eigenvalue weighted by atomic mass is 79.9. The van der Waals surface area contributed by atoms with E-state index >= 15 is 0 Å². The second-order valence-corrected chi connectivity index (χ2v) is 5.46. The van der Waals surface area contributed by atoms with E-state index in [-0.39, 0.29) is 5.91 Å². The van der Waals surface area contributed by atoms with Gasteiger partial charge in [0.05, 0.1) is 5.69 Å². The number of hydrogen-bond acceptors (Lipinski definition) is 1. The standard InChI is InChI=1S/C12H13BrClNO/c13-10-5-4-9(14)7-11(10)15-12(16)6-8-2-1-3-8/h4-5,7-8H,1-3,6H2,(H,15,16). The average Bonchev–Trinajstić information content (AvgIpc) is 2.18. The molecule has 0 spiro atoms. The summed E-state index contributed by atoms with van der Waals surface area (Å²) in [5, 5.41) is 3.51. The molecule has 4 heteroatoms. The Bertz CT molecular complexity index is 404. The van der Waals surface area contributed by atoms with Crippen molar-refractivity contribution in [3.05, 3.63) is 27.7 Å². The molecule has 16 heavy (non-hydrogen) atoms. The van der Waals surface area contributed by atoms with Gasteiger partial charge in [-0.25, -0.2) is 0 Å². The molecule has 0 heterocycles. The number of hydrogen-bond donors (Lipinski definition) is 1. The van der Waals surface area contributed by atoms with E-state index in [1.54, 1.807) is 12.1 Å². The molecule has 2 nitrogen and oxygen atoms in total. The van der Waals surface area contributed by atoms with E-state index in [0.29, 0.717) is 17.4 Å². The fourth-order valence-electron chi connectivity index (χ4n) is 1.75. The van der Waals surface area contributed by atoms with Crippen LogP contribution in [0.3, 0.4) is 0 Å². The Kier molecular flexibility index (Phi) is 3.87. The van der Waals surface area contributed by atoms with E-state index in [1.807, 2.05) is 6.07 Å². The van der Waals surface area contributed by atoms with Crippen LogP contribution < -0.4 is 5.32 Å². The van der Waals surface area contributed by atoms with Crippen LogP contribution in [0, 0.1) is 5.92 Å². The van der Waals surface area contributed by atoms with Gasteiger partial charge in [-0.2, -0.15) is 0 Å². The van der Waals surface area contributed by atoms with Gasteiger partial charge in [0.25, 0.3) is 0 Å². The third-order valence-electron chi connectivity index (χ3n) is 2.90. The van der Waals surface area contributed by atoms with E-state index in [0.717, 1.165) is 10.2 Å². The van der Waals surface area contributed by atoms with Crippen molar-refractivity contribution in [1.82, 2.24) is 0 Å². The molecule has 0 bridgehead atoms. The first kappa shape index (κ1) is 11.9. The normalized spacial score (nSPS) is 15.6. The molecule has 1 aromatic carbocycles. The summed E-state index contributed by atoms with van der Waals surface area (Å²) < 4.78 is 0.860. The highest BCUT2D eigenvalue weighted by Gasteiger charge is 2.20. The highest BCUT2D eigenvalue weighted by Crippen LogP contribution is 2.31. The summed E-state index contributed by atoms with van der Waals surface area (Å²) in [5.41, 5.74) is 0.747. The molecule has 1 aliphatic rings. The SMILES string of the molecule is O=C(CC1CCC1)Nc1cc(Cl)ccc1Br. The number of benzene rings is 1. The van der Waals surface area contributed by atoms with Crippen LogP contribution in [0.2, 0.25) is 5.02 Å². The third kappa shape index (κ3) is 2.98. The van der Waals surface area contributed by atoms with Crippen molar-refractivity contribution in [2.75, 3.05) is 5.32 Å². The van der Waals surface area contributed by atoms with Gasteiger partial charge in [0.15, 0.2) is 0 Å². The van der Waals surface area contributed by atoms with Crippen LogP contribution in [-0.4, -0.2) is 5.91 Å². The minimum absolute atomic E-state index is 0.0765. The van der Waals surface area contributed by atoms with E-state index in [2.05, 4.69) is 21.2 Å². The van der Waals surface area contributed by atoms with E-state index in [1.165, 1.54) is 19.3 Å². The molecular weight excluding hydrogens is 289 g/mol. The summed E-state index contributed by atoms with van der Waals surface area (Å²) in [6, 6.07) is 5.37. The molecule has 1 fully saturated rings. The van der Waals surface area contributed by atoms with Gasteiger partial charge >= 0.3 is 0 Å². The van der Waals surface area contributed by atoms with Crippen LogP contribution in [-0.2, 0) is 4.79 Å². The number of rotatable bonds is 3. The van der Waals surface area contributed by atoms with Gasteiger partial charge in [0.2, 0.25) is 5.91 Å². The molecule has 1 N–H and O–H groups in total. The van der Waals surface area contributed by atoms with Crippen molar-refractivity contribution in [2.45, 2.75) is 25.7 Å². The van der Waals surface area contributed by atoms with Gasteiger partial charge in [-0.05, 0) is 52.9 Å². The highest BCUT2D eigenvalue weighted by molar-refractivity contribution is 9.10. The molecule has 0 radical (unpaired) electrons. The lowest BCUT2D eigenvalue weighted by atomic mass is 9.83. The number of carbonyl (C=O) groups is 1. The van der Waals surface area contributed by atoms with Crippen molar-refractivity contribution in [3.8, 4) is 0 Å². The van der Waals surface area contributed by atoms with E-state index in [9.17, 15) is 4.79 Å². The van der Waals surface area contributed by atoms with Crippen LogP contribution in [0.5, 0.6) is 0 Å². The first-order valence-electron chi connectivity index (χ1n) is 5.40. The monoisotopic (exact) mass is 301 g/mol. The molecule has 1 aliphatic carbocycles. The lowest BCUT2D eigenvalue weighted by molar-refractivity contribution is -0.117. The zero-order valence-electron chi connectivity index (χ0n) is 8.80. The summed E-state index contributed by atoms with van der Waals surface area (Å²) in [6.45, 7) is 0. The van der Waals surface area contributed by atoms with Gasteiger partial charge in [-0.15, -0.1) is 0 Å². The molecule has 0 saturated heterocycles. The zero-order chi connectivity index (χ0) is 11.5. The maximum absolute atomic E-state index is 11.7. The molecule has 0 aliphatic heterocycles. The molecule has 86 valence electrons. The molecule has 1 amide bonds. The van der Waals surface area contributed by atoms with Gasteiger partial charge in [-0.1, -0.05) is 18.0 Å². The summed E-state index contributed by atoms with van der Waals surface area (Å²) in [6.07, 6.45) is 4.26. The van der Waals surface area contributed by atoms with Crippen molar-refractivity contribution >= 4 is 39.1 Å². The number of carbonyl (C=O) groups excluding carboxylic acids is 1. The first-order chi connectivity index (χ1) is 7.65. The Morgan fingerprint density at radius 3 is 2.88 bits per heavy atom. The summed E-state index contributed by atoms with van der Waals surface area (Å²) >= 11 is 9.26. The van der Waals surface area contributed by atoms with Gasteiger partial charge in [0, 0.05) is 15.9 Å². The molecule has 0 unspecified atom stereocenters. The second kappa shape index (κ2) is 5.19. The predicted octanol–water partition coefficient (Wildman–Crippen LogP) is 4.23. The Hall–Kier alpha value is -0.540. The molecular formula is C12H13BrClNO. The fourth-order valence-corrected chi connectivity index (χ4v) is 2.27. The second-order valence-electron chi connectivity index (χ2n) is 4.17. The predicted molar refractivity (Wildman–Crippen MR) is 69.7 cm³/mol. The summed E-state index contributed by atoms with van der Waals surface area (Å²) in [4.78, 5) is 11.7. The summed E-state index contributed by atoms with van der Waals surface area (Å²) in [7, 11) is 0. The minimum Gasteiger partial charge on any atom is -0.325 e. The Morgan fingerprint density at radius 1 is 1.50 bits per heavy atom. The maximum Gasteiger partial charge on any atom is 0.224 e. The van der Waals surface area contributed by atoms with Crippen molar-refractivity contribution in [2.24, 2.45) is 5.92 Å². The maximum atomic E-state index is 11.7. The smallest absolute Gasteiger partial charge is 0.224 e. The van der Waals surface area contributed by atoms with Crippen molar-refractivity contribution in [3.63, 3.8) is 0 Å². The van der Waals surface area contributed by atoms with Crippen molar-refractivity contribution in [1.29, 1.82) is 0 Å². The number of amides is 1. The number of anilines is 1. The van der Waals surface area contributed by atoms with Crippen LogP contribution in [0.15, 0.2) is 22.7 Å². The zero-order valence-corrected chi connectivity index (χ0v) is 11.1. The number of nitrogens with one attached hydrogen (secondary N) is 1. The van der Waals surface area contributed by atoms with Crippen LogP contribution in [0.4, 0.5) is 5.69 Å². The third-order valence-corrected chi connectivity index (χ3v) is 3.83. The van der Waals surface area contributed by atoms with E-state index < -0.39 is 0 Å². The fraction of sp³-hybridized carbons (Fsp3) is 0.417. The Balaban J connectivity index is 1.96. The first-order valence-corrected chi connectivity index (χ1v) is 6.57. The van der Waals surface area contributed by atoms with Crippen molar-refractivity contribution < 1.29 is 4.79 Å². The Morgan fingerprint density at radius 2 is 2.25 bits per heavy atom. The van der Waals surface area contributed by atoms with E-state index in [4.69, 9.17) is 11.6 Å². The van der Waals surface area contributed by atoms with Crippen LogP contribution in [0.25, 0.3) is 0 Å². The topological polar surface area (TPSA) is 29.1 Å². The van der Waals surface area contributed by atoms with Crippen LogP contribution >= 0.6 is 27.5 Å². The van der Waals surface area contributed by atoms with Gasteiger partial charge in [-0.3, -0.25) is 4.79 Å². The van der Waals surface area contributed by atoms with Crippen LogP contribution in [0.1, 0.15) is 25.7 Å². The molecule has 0 atom stereocenters. The summed E-state index contributed by atoms with van der Waals surface area (Å²) in [5.74, 6) is 0.658. The molecule has 0 aromatic heterocycles. The van der Waals surface area contributed by atoms with Gasteiger partial charge in [0.1, 0.15) is 0 Å². The minimum atomic E-state index is 0.0765. The molecule has 1 saturated carbocycles.